The highest BCUT2D eigenvalue weighted by molar-refractivity contribution is 5.78. The summed E-state index contributed by atoms with van der Waals surface area (Å²) in [6.45, 7) is 10.1. The minimum Gasteiger partial charge on any atom is -0.359 e. The zero-order valence-electron chi connectivity index (χ0n) is 10.6. The molecule has 0 heterocycles. The first-order valence-corrected chi connectivity index (χ1v) is 5.45. The standard InChI is InChI=1S/C13H21NO3/c1-11(2)7-8-12(3)14-13(15)6-5-9-17-10-16-4/h7-8H,1,3,5-6,9-10H2,2,4H3,(H,14,15). The lowest BCUT2D eigenvalue weighted by molar-refractivity contribution is -0.121. The van der Waals surface area contributed by atoms with Crippen LogP contribution in [0.15, 0.2) is 36.6 Å². The number of rotatable bonds is 9. The van der Waals surface area contributed by atoms with Crippen LogP contribution >= 0.6 is 0 Å². The highest BCUT2D eigenvalue weighted by atomic mass is 16.7. The normalized spacial score (nSPS) is 10.5. The molecule has 0 saturated carbocycles. The highest BCUT2D eigenvalue weighted by Gasteiger charge is 2.00. The average Bonchev–Trinajstić information content (AvgIpc) is 2.26. The minimum absolute atomic E-state index is 0.0672. The first-order chi connectivity index (χ1) is 8.06. The first-order valence-electron chi connectivity index (χ1n) is 5.45. The second-order valence-electron chi connectivity index (χ2n) is 3.67. The van der Waals surface area contributed by atoms with Gasteiger partial charge in [0.15, 0.2) is 0 Å². The van der Waals surface area contributed by atoms with E-state index in [0.717, 1.165) is 5.57 Å². The summed E-state index contributed by atoms with van der Waals surface area (Å²) in [5, 5.41) is 2.68. The van der Waals surface area contributed by atoms with Crippen molar-refractivity contribution in [3.63, 3.8) is 0 Å². The number of nitrogens with one attached hydrogen (secondary N) is 1. The van der Waals surface area contributed by atoms with Crippen molar-refractivity contribution in [3.8, 4) is 0 Å². The number of carbonyl (C=O) groups excluding carboxylic acids is 1. The molecule has 0 radical (unpaired) electrons. The predicted octanol–water partition coefficient (Wildman–Crippen LogP) is 2.15. The van der Waals surface area contributed by atoms with E-state index in [1.807, 2.05) is 6.92 Å². The Balaban J connectivity index is 3.64. The fourth-order valence-electron chi connectivity index (χ4n) is 1.00. The predicted molar refractivity (Wildman–Crippen MR) is 68.3 cm³/mol. The maximum atomic E-state index is 11.4. The van der Waals surface area contributed by atoms with Crippen LogP contribution in [0.3, 0.4) is 0 Å². The molecule has 1 amide bonds. The van der Waals surface area contributed by atoms with Gasteiger partial charge in [-0.15, -0.1) is 0 Å². The molecule has 1 N–H and O–H groups in total. The van der Waals surface area contributed by atoms with Crippen molar-refractivity contribution in [1.29, 1.82) is 0 Å². The van der Waals surface area contributed by atoms with Crippen molar-refractivity contribution in [2.24, 2.45) is 0 Å². The second kappa shape index (κ2) is 9.81. The fraction of sp³-hybridized carbons (Fsp3) is 0.462. The topological polar surface area (TPSA) is 47.6 Å². The van der Waals surface area contributed by atoms with Crippen molar-refractivity contribution in [1.82, 2.24) is 5.32 Å². The summed E-state index contributed by atoms with van der Waals surface area (Å²) in [5.74, 6) is -0.0672. The molecule has 96 valence electrons. The molecule has 0 aromatic heterocycles. The first kappa shape index (κ1) is 15.6. The van der Waals surface area contributed by atoms with Gasteiger partial charge in [0.25, 0.3) is 0 Å². The highest BCUT2D eigenvalue weighted by Crippen LogP contribution is 1.96. The van der Waals surface area contributed by atoms with Gasteiger partial charge in [-0.1, -0.05) is 24.8 Å². The van der Waals surface area contributed by atoms with Gasteiger partial charge < -0.3 is 14.8 Å². The van der Waals surface area contributed by atoms with Crippen LogP contribution < -0.4 is 5.32 Å². The molecule has 0 fully saturated rings. The number of amides is 1. The summed E-state index contributed by atoms with van der Waals surface area (Å²) in [5.41, 5.74) is 1.48. The molecule has 17 heavy (non-hydrogen) atoms. The molecular formula is C13H21NO3. The van der Waals surface area contributed by atoms with Crippen LogP contribution in [-0.4, -0.2) is 26.4 Å². The van der Waals surface area contributed by atoms with Gasteiger partial charge in [-0.05, 0) is 19.4 Å². The molecule has 0 rings (SSSR count). The maximum absolute atomic E-state index is 11.4. The van der Waals surface area contributed by atoms with Gasteiger partial charge in [-0.2, -0.15) is 0 Å². The fourth-order valence-corrected chi connectivity index (χ4v) is 1.00. The molecule has 0 aliphatic heterocycles. The van der Waals surface area contributed by atoms with Crippen molar-refractivity contribution < 1.29 is 14.3 Å². The molecule has 4 nitrogen and oxygen atoms in total. The lowest BCUT2D eigenvalue weighted by Crippen LogP contribution is -2.21. The minimum atomic E-state index is -0.0672. The zero-order chi connectivity index (χ0) is 13.1. The van der Waals surface area contributed by atoms with Crippen LogP contribution in [-0.2, 0) is 14.3 Å². The van der Waals surface area contributed by atoms with Gasteiger partial charge in [0.1, 0.15) is 6.79 Å². The summed E-state index contributed by atoms with van der Waals surface area (Å²) in [7, 11) is 1.56. The molecule has 0 spiro atoms. The lowest BCUT2D eigenvalue weighted by atomic mass is 10.2. The summed E-state index contributed by atoms with van der Waals surface area (Å²) < 4.78 is 9.78. The van der Waals surface area contributed by atoms with Crippen molar-refractivity contribution in [2.75, 3.05) is 20.5 Å². The summed E-state index contributed by atoms with van der Waals surface area (Å²) in [6.07, 6.45) is 4.59. The summed E-state index contributed by atoms with van der Waals surface area (Å²) in [4.78, 5) is 11.4. The third-order valence-corrected chi connectivity index (χ3v) is 1.76. The van der Waals surface area contributed by atoms with E-state index >= 15 is 0 Å². The van der Waals surface area contributed by atoms with Crippen molar-refractivity contribution >= 4 is 5.91 Å². The number of hydrogen-bond donors (Lipinski definition) is 1. The SMILES string of the molecule is C=C(C)C=CC(=C)NC(=O)CCCOCOC. The molecule has 0 unspecified atom stereocenters. The largest absolute Gasteiger partial charge is 0.359 e. The molecule has 0 bridgehead atoms. The van der Waals surface area contributed by atoms with Crippen LogP contribution in [0.5, 0.6) is 0 Å². The third-order valence-electron chi connectivity index (χ3n) is 1.76. The van der Waals surface area contributed by atoms with Gasteiger partial charge in [0.2, 0.25) is 5.91 Å². The Bertz CT molecular complexity index is 295. The number of carbonyl (C=O) groups is 1. The molecule has 0 aliphatic rings. The number of allylic oxidation sites excluding steroid dienone is 3. The second-order valence-corrected chi connectivity index (χ2v) is 3.67. The Hall–Kier alpha value is -1.39. The third kappa shape index (κ3) is 10.9. The molecule has 0 aromatic rings. The van der Waals surface area contributed by atoms with E-state index in [-0.39, 0.29) is 12.7 Å². The maximum Gasteiger partial charge on any atom is 0.224 e. The van der Waals surface area contributed by atoms with Gasteiger partial charge in [0.05, 0.1) is 0 Å². The van der Waals surface area contributed by atoms with E-state index in [2.05, 4.69) is 18.5 Å². The summed E-state index contributed by atoms with van der Waals surface area (Å²) >= 11 is 0. The van der Waals surface area contributed by atoms with E-state index in [1.165, 1.54) is 0 Å². The molecular weight excluding hydrogens is 218 g/mol. The van der Waals surface area contributed by atoms with E-state index in [4.69, 9.17) is 9.47 Å². The number of hydrogen-bond acceptors (Lipinski definition) is 3. The van der Waals surface area contributed by atoms with Gasteiger partial charge >= 0.3 is 0 Å². The van der Waals surface area contributed by atoms with Crippen LogP contribution in [0.1, 0.15) is 19.8 Å². The van der Waals surface area contributed by atoms with Crippen LogP contribution in [0.25, 0.3) is 0 Å². The van der Waals surface area contributed by atoms with Crippen LogP contribution in [0.2, 0.25) is 0 Å². The molecule has 0 saturated heterocycles. The van der Waals surface area contributed by atoms with Gasteiger partial charge in [0, 0.05) is 25.8 Å². The Morgan fingerprint density at radius 3 is 2.65 bits per heavy atom. The number of ether oxygens (including phenoxy) is 2. The Morgan fingerprint density at radius 2 is 2.06 bits per heavy atom. The van der Waals surface area contributed by atoms with Crippen LogP contribution in [0.4, 0.5) is 0 Å². The Kier molecular flexibility index (Phi) is 9.01. The lowest BCUT2D eigenvalue weighted by Gasteiger charge is -2.05. The smallest absolute Gasteiger partial charge is 0.224 e. The number of methoxy groups -OCH3 is 1. The van der Waals surface area contributed by atoms with Crippen molar-refractivity contribution in [3.05, 3.63) is 36.6 Å². The summed E-state index contributed by atoms with van der Waals surface area (Å²) in [6, 6.07) is 0. The van der Waals surface area contributed by atoms with E-state index in [0.29, 0.717) is 25.1 Å². The average molecular weight is 239 g/mol. The molecule has 0 aromatic carbocycles. The van der Waals surface area contributed by atoms with E-state index in [1.54, 1.807) is 19.3 Å². The van der Waals surface area contributed by atoms with E-state index in [9.17, 15) is 4.79 Å². The zero-order valence-corrected chi connectivity index (χ0v) is 10.6. The molecule has 4 heteroatoms. The van der Waals surface area contributed by atoms with Crippen molar-refractivity contribution in [2.45, 2.75) is 19.8 Å². The molecule has 0 aliphatic carbocycles. The van der Waals surface area contributed by atoms with Gasteiger partial charge in [-0.25, -0.2) is 0 Å². The van der Waals surface area contributed by atoms with Gasteiger partial charge in [-0.3, -0.25) is 4.79 Å². The quantitative estimate of drug-likeness (QED) is 0.381. The van der Waals surface area contributed by atoms with Crippen LogP contribution in [0, 0.1) is 0 Å². The Morgan fingerprint density at radius 1 is 1.35 bits per heavy atom. The molecule has 0 atom stereocenters. The van der Waals surface area contributed by atoms with E-state index < -0.39 is 0 Å². The monoisotopic (exact) mass is 239 g/mol. The Labute approximate surface area is 103 Å².